The molecule has 202 valence electrons. The lowest BCUT2D eigenvalue weighted by atomic mass is 9.75. The standard InChI is InChI=1S/C24H31NO6.C2H2O4/c1-27-19-7-6-16(12-20(19)28-2)15-24(10-8-23(26)31-5)18-14-22(30-4)21(29-3)13-17(18)9-11-25-24;3-1(4)2(5)6/h6-7,12-14,25H,8-11,15H2,1-5H3;(H,3,4)(H,5,6). The molecule has 0 spiro atoms. The van der Waals surface area contributed by atoms with E-state index in [1.54, 1.807) is 28.4 Å². The van der Waals surface area contributed by atoms with E-state index in [0.29, 0.717) is 42.3 Å². The number of ether oxygens (including phenoxy) is 5. The number of carbonyl (C=O) groups excluding carboxylic acids is 1. The summed E-state index contributed by atoms with van der Waals surface area (Å²) in [6.45, 7) is 0.789. The summed E-state index contributed by atoms with van der Waals surface area (Å²) in [4.78, 5) is 30.2. The van der Waals surface area contributed by atoms with Crippen molar-refractivity contribution < 1.29 is 48.3 Å². The number of carboxylic acids is 2. The van der Waals surface area contributed by atoms with Crippen LogP contribution in [0.15, 0.2) is 30.3 Å². The summed E-state index contributed by atoms with van der Waals surface area (Å²) in [7, 11) is 7.93. The molecule has 37 heavy (non-hydrogen) atoms. The molecule has 1 atom stereocenters. The molecule has 2 aromatic carbocycles. The molecule has 0 aromatic heterocycles. The van der Waals surface area contributed by atoms with Crippen molar-refractivity contribution in [2.75, 3.05) is 42.1 Å². The molecule has 0 radical (unpaired) electrons. The van der Waals surface area contributed by atoms with Crippen molar-refractivity contribution in [1.29, 1.82) is 0 Å². The van der Waals surface area contributed by atoms with E-state index in [0.717, 1.165) is 24.1 Å². The highest BCUT2D eigenvalue weighted by Gasteiger charge is 2.38. The van der Waals surface area contributed by atoms with Crippen LogP contribution >= 0.6 is 0 Å². The van der Waals surface area contributed by atoms with Crippen molar-refractivity contribution >= 4 is 17.9 Å². The Hall–Kier alpha value is -3.99. The SMILES string of the molecule is COC(=O)CCC1(Cc2ccc(OC)c(OC)c2)NCCc2cc(OC)c(OC)cc21.O=C(O)C(=O)O. The summed E-state index contributed by atoms with van der Waals surface area (Å²) in [5.74, 6) is -1.16. The predicted molar refractivity (Wildman–Crippen MR) is 133 cm³/mol. The van der Waals surface area contributed by atoms with Gasteiger partial charge >= 0.3 is 17.9 Å². The van der Waals surface area contributed by atoms with Crippen LogP contribution in [0.3, 0.4) is 0 Å². The van der Waals surface area contributed by atoms with Gasteiger partial charge in [0.15, 0.2) is 23.0 Å². The van der Waals surface area contributed by atoms with Gasteiger partial charge < -0.3 is 39.2 Å². The molecule has 11 nitrogen and oxygen atoms in total. The number of methoxy groups -OCH3 is 5. The summed E-state index contributed by atoms with van der Waals surface area (Å²) in [5.41, 5.74) is 2.88. The van der Waals surface area contributed by atoms with Crippen molar-refractivity contribution in [3.05, 3.63) is 47.0 Å². The molecule has 1 unspecified atom stereocenters. The number of benzene rings is 2. The van der Waals surface area contributed by atoms with Crippen LogP contribution in [-0.4, -0.2) is 70.2 Å². The second-order valence-corrected chi connectivity index (χ2v) is 8.18. The summed E-state index contributed by atoms with van der Waals surface area (Å²) in [6, 6.07) is 9.97. The quantitative estimate of drug-likeness (QED) is 0.331. The second-order valence-electron chi connectivity index (χ2n) is 8.18. The smallest absolute Gasteiger partial charge is 0.414 e. The molecule has 0 amide bonds. The van der Waals surface area contributed by atoms with Gasteiger partial charge in [0.1, 0.15) is 0 Å². The number of hydrogen-bond donors (Lipinski definition) is 3. The topological polar surface area (TPSA) is 150 Å². The Balaban J connectivity index is 0.000000717. The van der Waals surface area contributed by atoms with E-state index in [-0.39, 0.29) is 5.97 Å². The molecule has 11 heteroatoms. The van der Waals surface area contributed by atoms with Crippen molar-refractivity contribution in [2.45, 2.75) is 31.2 Å². The Morgan fingerprint density at radius 1 is 0.838 bits per heavy atom. The Labute approximate surface area is 215 Å². The maximum Gasteiger partial charge on any atom is 0.414 e. The van der Waals surface area contributed by atoms with Crippen LogP contribution in [0, 0.1) is 0 Å². The highest BCUT2D eigenvalue weighted by atomic mass is 16.5. The van der Waals surface area contributed by atoms with E-state index in [4.69, 9.17) is 43.5 Å². The lowest BCUT2D eigenvalue weighted by Crippen LogP contribution is -2.49. The number of rotatable bonds is 9. The third-order valence-corrected chi connectivity index (χ3v) is 6.10. The van der Waals surface area contributed by atoms with Crippen LogP contribution < -0.4 is 24.3 Å². The first-order chi connectivity index (χ1) is 17.6. The molecule has 0 saturated heterocycles. The number of carboxylic acid groups (broad SMARTS) is 2. The van der Waals surface area contributed by atoms with Gasteiger partial charge in [-0.15, -0.1) is 0 Å². The monoisotopic (exact) mass is 519 g/mol. The maximum absolute atomic E-state index is 12.0. The Bertz CT molecular complexity index is 1100. The minimum absolute atomic E-state index is 0.235. The first-order valence-corrected chi connectivity index (χ1v) is 11.4. The van der Waals surface area contributed by atoms with Crippen LogP contribution in [0.2, 0.25) is 0 Å². The van der Waals surface area contributed by atoms with Crippen molar-refractivity contribution in [3.8, 4) is 23.0 Å². The van der Waals surface area contributed by atoms with Crippen LogP contribution in [0.5, 0.6) is 23.0 Å². The molecule has 1 aliphatic rings. The van der Waals surface area contributed by atoms with Gasteiger partial charge in [-0.25, -0.2) is 9.59 Å². The molecule has 3 rings (SSSR count). The number of nitrogens with one attached hydrogen (secondary N) is 1. The largest absolute Gasteiger partial charge is 0.493 e. The zero-order valence-corrected chi connectivity index (χ0v) is 21.6. The summed E-state index contributed by atoms with van der Waals surface area (Å²) < 4.78 is 26.9. The van der Waals surface area contributed by atoms with E-state index in [1.165, 1.54) is 12.7 Å². The molecular weight excluding hydrogens is 486 g/mol. The highest BCUT2D eigenvalue weighted by molar-refractivity contribution is 6.27. The molecule has 0 fully saturated rings. The minimum Gasteiger partial charge on any atom is -0.493 e. The number of aliphatic carboxylic acids is 2. The highest BCUT2D eigenvalue weighted by Crippen LogP contribution is 2.42. The Morgan fingerprint density at radius 3 is 1.95 bits per heavy atom. The predicted octanol–water partition coefficient (Wildman–Crippen LogP) is 2.41. The third-order valence-electron chi connectivity index (χ3n) is 6.10. The van der Waals surface area contributed by atoms with Crippen molar-refractivity contribution in [2.24, 2.45) is 0 Å². The van der Waals surface area contributed by atoms with Crippen molar-refractivity contribution in [1.82, 2.24) is 5.32 Å². The summed E-state index contributed by atoms with van der Waals surface area (Å²) >= 11 is 0. The zero-order valence-electron chi connectivity index (χ0n) is 21.6. The van der Waals surface area contributed by atoms with Gasteiger partial charge in [-0.3, -0.25) is 4.79 Å². The average molecular weight is 520 g/mol. The number of carbonyl (C=O) groups is 3. The van der Waals surface area contributed by atoms with E-state index in [1.807, 2.05) is 30.3 Å². The molecule has 1 aliphatic heterocycles. The van der Waals surface area contributed by atoms with Gasteiger partial charge in [0.05, 0.1) is 35.5 Å². The van der Waals surface area contributed by atoms with Crippen LogP contribution in [0.25, 0.3) is 0 Å². The fraction of sp³-hybridized carbons (Fsp3) is 0.423. The third kappa shape index (κ3) is 7.26. The molecule has 2 aromatic rings. The number of fused-ring (bicyclic) bond motifs is 1. The van der Waals surface area contributed by atoms with Gasteiger partial charge in [0.25, 0.3) is 0 Å². The van der Waals surface area contributed by atoms with Crippen molar-refractivity contribution in [3.63, 3.8) is 0 Å². The first kappa shape index (κ1) is 29.2. The van der Waals surface area contributed by atoms with Gasteiger partial charge in [-0.1, -0.05) is 6.07 Å². The van der Waals surface area contributed by atoms with E-state index < -0.39 is 17.5 Å². The lowest BCUT2D eigenvalue weighted by Gasteiger charge is -2.41. The Kier molecular flexibility index (Phi) is 10.6. The first-order valence-electron chi connectivity index (χ1n) is 11.4. The Morgan fingerprint density at radius 2 is 1.41 bits per heavy atom. The van der Waals surface area contributed by atoms with Gasteiger partial charge in [0.2, 0.25) is 0 Å². The molecule has 3 N–H and O–H groups in total. The van der Waals surface area contributed by atoms with Crippen LogP contribution in [0.1, 0.15) is 29.5 Å². The maximum atomic E-state index is 12.0. The zero-order chi connectivity index (χ0) is 27.6. The fourth-order valence-corrected chi connectivity index (χ4v) is 4.33. The van der Waals surface area contributed by atoms with E-state index >= 15 is 0 Å². The van der Waals surface area contributed by atoms with Gasteiger partial charge in [0, 0.05) is 18.5 Å². The minimum atomic E-state index is -1.82. The average Bonchev–Trinajstić information content (AvgIpc) is 2.91. The fourth-order valence-electron chi connectivity index (χ4n) is 4.33. The molecule has 0 aliphatic carbocycles. The number of esters is 1. The molecule has 1 heterocycles. The molecule has 0 saturated carbocycles. The summed E-state index contributed by atoms with van der Waals surface area (Å²) in [5, 5.41) is 18.5. The number of hydrogen-bond acceptors (Lipinski definition) is 9. The lowest BCUT2D eigenvalue weighted by molar-refractivity contribution is -0.159. The molecular formula is C26H33NO10. The van der Waals surface area contributed by atoms with Crippen LogP contribution in [0.4, 0.5) is 0 Å². The van der Waals surface area contributed by atoms with E-state index in [9.17, 15) is 4.79 Å². The van der Waals surface area contributed by atoms with Gasteiger partial charge in [-0.2, -0.15) is 0 Å². The normalized spacial score (nSPS) is 15.8. The summed E-state index contributed by atoms with van der Waals surface area (Å²) in [6.07, 6.45) is 2.40. The van der Waals surface area contributed by atoms with E-state index in [2.05, 4.69) is 5.32 Å². The van der Waals surface area contributed by atoms with Crippen LogP contribution in [-0.2, 0) is 37.5 Å². The molecule has 0 bridgehead atoms. The van der Waals surface area contributed by atoms with Gasteiger partial charge in [-0.05, 0) is 60.2 Å². The second kappa shape index (κ2) is 13.4.